The van der Waals surface area contributed by atoms with Crippen LogP contribution in [0.4, 0.5) is 0 Å². The van der Waals surface area contributed by atoms with E-state index in [-0.39, 0.29) is 5.78 Å². The zero-order valence-corrected chi connectivity index (χ0v) is 10.7. The van der Waals surface area contributed by atoms with Gasteiger partial charge in [0.2, 0.25) is 0 Å². The Hall–Kier alpha value is -0.410. The standard InChI is InChI=1S/C11H16ClNOS/c1-3-4-5-6-7-9(14)10-11(12)15-8(2)13-10/h3-7H2,1-2H3. The van der Waals surface area contributed by atoms with E-state index in [1.807, 2.05) is 6.92 Å². The summed E-state index contributed by atoms with van der Waals surface area (Å²) in [5.41, 5.74) is 0.468. The van der Waals surface area contributed by atoms with E-state index in [1.165, 1.54) is 24.2 Å². The summed E-state index contributed by atoms with van der Waals surface area (Å²) in [5, 5.41) is 0.858. The van der Waals surface area contributed by atoms with E-state index in [1.54, 1.807) is 0 Å². The quantitative estimate of drug-likeness (QED) is 0.554. The van der Waals surface area contributed by atoms with Gasteiger partial charge in [0.15, 0.2) is 5.78 Å². The third kappa shape index (κ3) is 3.92. The van der Waals surface area contributed by atoms with Crippen LogP contribution >= 0.6 is 22.9 Å². The molecule has 0 radical (unpaired) electrons. The van der Waals surface area contributed by atoms with Gasteiger partial charge in [-0.05, 0) is 13.3 Å². The van der Waals surface area contributed by atoms with Crippen molar-refractivity contribution in [2.75, 3.05) is 0 Å². The van der Waals surface area contributed by atoms with Crippen LogP contribution < -0.4 is 0 Å². The van der Waals surface area contributed by atoms with Gasteiger partial charge in [0, 0.05) is 6.42 Å². The van der Waals surface area contributed by atoms with E-state index >= 15 is 0 Å². The topological polar surface area (TPSA) is 30.0 Å². The lowest BCUT2D eigenvalue weighted by atomic mass is 10.1. The molecule has 0 saturated carbocycles. The van der Waals surface area contributed by atoms with Gasteiger partial charge in [-0.1, -0.05) is 37.8 Å². The number of halogens is 1. The lowest BCUT2D eigenvalue weighted by Crippen LogP contribution is -2.00. The van der Waals surface area contributed by atoms with Gasteiger partial charge >= 0.3 is 0 Å². The molecule has 0 saturated heterocycles. The minimum Gasteiger partial charge on any atom is -0.292 e. The molecule has 4 heteroatoms. The van der Waals surface area contributed by atoms with Crippen molar-refractivity contribution >= 4 is 28.7 Å². The lowest BCUT2D eigenvalue weighted by Gasteiger charge is -1.98. The second-order valence-corrected chi connectivity index (χ2v) is 5.39. The molecule has 0 bridgehead atoms. The molecule has 1 aromatic rings. The number of Topliss-reactive ketones (excluding diaryl/α,β-unsaturated/α-hetero) is 1. The van der Waals surface area contributed by atoms with Gasteiger partial charge in [-0.2, -0.15) is 0 Å². The number of thiazole rings is 1. The maximum Gasteiger partial charge on any atom is 0.183 e. The Morgan fingerprint density at radius 1 is 1.40 bits per heavy atom. The van der Waals surface area contributed by atoms with Gasteiger partial charge in [0.05, 0.1) is 5.01 Å². The van der Waals surface area contributed by atoms with E-state index in [2.05, 4.69) is 11.9 Å². The minimum atomic E-state index is 0.0838. The summed E-state index contributed by atoms with van der Waals surface area (Å²) in [4.78, 5) is 15.8. The molecule has 0 aliphatic heterocycles. The molecule has 0 amide bonds. The van der Waals surface area contributed by atoms with Gasteiger partial charge in [-0.25, -0.2) is 4.98 Å². The Bertz CT molecular complexity index is 335. The Kier molecular flexibility index (Phi) is 5.26. The smallest absolute Gasteiger partial charge is 0.183 e. The maximum absolute atomic E-state index is 11.7. The van der Waals surface area contributed by atoms with E-state index in [0.717, 1.165) is 17.8 Å². The van der Waals surface area contributed by atoms with Gasteiger partial charge in [0.1, 0.15) is 10.0 Å². The Balaban J connectivity index is 2.43. The van der Waals surface area contributed by atoms with Crippen LogP contribution in [0.5, 0.6) is 0 Å². The van der Waals surface area contributed by atoms with Crippen molar-refractivity contribution in [2.24, 2.45) is 0 Å². The second-order valence-electron chi connectivity index (χ2n) is 3.59. The zero-order valence-electron chi connectivity index (χ0n) is 9.18. The van der Waals surface area contributed by atoms with Crippen molar-refractivity contribution in [3.63, 3.8) is 0 Å². The van der Waals surface area contributed by atoms with Crippen molar-refractivity contribution in [2.45, 2.75) is 46.0 Å². The zero-order chi connectivity index (χ0) is 11.3. The summed E-state index contributed by atoms with van der Waals surface area (Å²) in [5.74, 6) is 0.0838. The van der Waals surface area contributed by atoms with Crippen LogP contribution in [-0.4, -0.2) is 10.8 Å². The van der Waals surface area contributed by atoms with Crippen LogP contribution in [0.2, 0.25) is 4.34 Å². The first kappa shape index (κ1) is 12.7. The fourth-order valence-electron chi connectivity index (χ4n) is 1.40. The molecule has 0 spiro atoms. The van der Waals surface area contributed by atoms with E-state index < -0.39 is 0 Å². The number of carbonyl (C=O) groups is 1. The molecule has 15 heavy (non-hydrogen) atoms. The van der Waals surface area contributed by atoms with Crippen LogP contribution in [0.1, 0.15) is 54.5 Å². The molecule has 0 aliphatic rings. The van der Waals surface area contributed by atoms with E-state index in [9.17, 15) is 4.79 Å². The largest absolute Gasteiger partial charge is 0.292 e. The minimum absolute atomic E-state index is 0.0838. The normalized spacial score (nSPS) is 10.6. The highest BCUT2D eigenvalue weighted by molar-refractivity contribution is 7.16. The number of hydrogen-bond acceptors (Lipinski definition) is 3. The Morgan fingerprint density at radius 2 is 2.13 bits per heavy atom. The van der Waals surface area contributed by atoms with Crippen molar-refractivity contribution in [3.8, 4) is 0 Å². The predicted octanol–water partition coefficient (Wildman–Crippen LogP) is 4.26. The van der Waals surface area contributed by atoms with Crippen LogP contribution in [-0.2, 0) is 0 Å². The molecule has 1 rings (SSSR count). The Labute approximate surface area is 99.7 Å². The molecule has 0 aromatic carbocycles. The molecule has 1 aromatic heterocycles. The van der Waals surface area contributed by atoms with E-state index in [4.69, 9.17) is 11.6 Å². The number of aromatic nitrogens is 1. The summed E-state index contributed by atoms with van der Waals surface area (Å²) in [6.45, 7) is 4.02. The molecule has 0 aliphatic carbocycles. The highest BCUT2D eigenvalue weighted by Crippen LogP contribution is 2.25. The van der Waals surface area contributed by atoms with E-state index in [0.29, 0.717) is 16.5 Å². The van der Waals surface area contributed by atoms with Crippen molar-refractivity contribution in [1.29, 1.82) is 0 Å². The average molecular weight is 246 g/mol. The predicted molar refractivity (Wildman–Crippen MR) is 65.0 cm³/mol. The third-order valence-electron chi connectivity index (χ3n) is 2.21. The first-order valence-electron chi connectivity index (χ1n) is 5.31. The summed E-state index contributed by atoms with van der Waals surface area (Å²) in [7, 11) is 0. The van der Waals surface area contributed by atoms with Crippen LogP contribution in [0.15, 0.2) is 0 Å². The van der Waals surface area contributed by atoms with Crippen molar-refractivity contribution in [1.82, 2.24) is 4.98 Å². The number of rotatable bonds is 6. The molecule has 0 fully saturated rings. The molecular formula is C11H16ClNOS. The first-order valence-corrected chi connectivity index (χ1v) is 6.50. The number of aryl methyl sites for hydroxylation is 1. The number of ketones is 1. The summed E-state index contributed by atoms with van der Waals surface area (Å²) in [6.07, 6.45) is 5.01. The number of hydrogen-bond donors (Lipinski definition) is 0. The SMILES string of the molecule is CCCCCCC(=O)c1nc(C)sc1Cl. The van der Waals surface area contributed by atoms with Gasteiger partial charge in [-0.15, -0.1) is 11.3 Å². The van der Waals surface area contributed by atoms with Gasteiger partial charge < -0.3 is 0 Å². The molecule has 0 atom stereocenters. The van der Waals surface area contributed by atoms with Crippen LogP contribution in [0.25, 0.3) is 0 Å². The monoisotopic (exact) mass is 245 g/mol. The number of carbonyl (C=O) groups excluding carboxylic acids is 1. The second kappa shape index (κ2) is 6.23. The number of unbranched alkanes of at least 4 members (excludes halogenated alkanes) is 3. The van der Waals surface area contributed by atoms with Crippen molar-refractivity contribution < 1.29 is 4.79 Å². The highest BCUT2D eigenvalue weighted by atomic mass is 35.5. The molecule has 1 heterocycles. The summed E-state index contributed by atoms with van der Waals surface area (Å²) < 4.78 is 0.535. The van der Waals surface area contributed by atoms with Gasteiger partial charge in [0.25, 0.3) is 0 Å². The maximum atomic E-state index is 11.7. The van der Waals surface area contributed by atoms with Crippen LogP contribution in [0.3, 0.4) is 0 Å². The first-order chi connectivity index (χ1) is 7.15. The molecule has 84 valence electrons. The van der Waals surface area contributed by atoms with Crippen LogP contribution in [0, 0.1) is 6.92 Å². The number of nitrogens with zero attached hydrogens (tertiary/aromatic N) is 1. The summed E-state index contributed by atoms with van der Waals surface area (Å²) >= 11 is 7.29. The fraction of sp³-hybridized carbons (Fsp3) is 0.636. The lowest BCUT2D eigenvalue weighted by molar-refractivity contribution is 0.0975. The molecule has 2 nitrogen and oxygen atoms in total. The highest BCUT2D eigenvalue weighted by Gasteiger charge is 2.14. The molecule has 0 unspecified atom stereocenters. The summed E-state index contributed by atoms with van der Waals surface area (Å²) in [6, 6.07) is 0. The average Bonchev–Trinajstić information content (AvgIpc) is 2.52. The van der Waals surface area contributed by atoms with Gasteiger partial charge in [-0.3, -0.25) is 4.79 Å². The molecule has 0 N–H and O–H groups in total. The molecular weight excluding hydrogens is 230 g/mol. The van der Waals surface area contributed by atoms with Crippen molar-refractivity contribution in [3.05, 3.63) is 15.0 Å². The third-order valence-corrected chi connectivity index (χ3v) is 3.38. The Morgan fingerprint density at radius 3 is 2.67 bits per heavy atom. The fourth-order valence-corrected chi connectivity index (χ4v) is 2.54.